The summed E-state index contributed by atoms with van der Waals surface area (Å²) in [7, 11) is 0. The Bertz CT molecular complexity index is 1280. The summed E-state index contributed by atoms with van der Waals surface area (Å²) in [5.41, 5.74) is 6.28. The molecule has 0 radical (unpaired) electrons. The molecule has 4 atom stereocenters. The van der Waals surface area contributed by atoms with Gasteiger partial charge in [-0.15, -0.1) is 0 Å². The fourth-order valence-electron chi connectivity index (χ4n) is 5.75. The van der Waals surface area contributed by atoms with Crippen LogP contribution in [0.15, 0.2) is 78.5 Å². The summed E-state index contributed by atoms with van der Waals surface area (Å²) in [6.07, 6.45) is 8.79. The van der Waals surface area contributed by atoms with E-state index in [0.717, 1.165) is 64.5 Å². The lowest BCUT2D eigenvalue weighted by atomic mass is 9.87. The topological polar surface area (TPSA) is 51.2 Å². The van der Waals surface area contributed by atoms with E-state index in [9.17, 15) is 4.79 Å². The lowest BCUT2D eigenvalue weighted by Crippen LogP contribution is -2.44. The zero-order chi connectivity index (χ0) is 26.4. The molecule has 1 fully saturated rings. The molecule has 0 amide bonds. The van der Waals surface area contributed by atoms with Crippen molar-refractivity contribution in [2.24, 2.45) is 5.92 Å². The van der Waals surface area contributed by atoms with Crippen LogP contribution in [0.25, 0.3) is 16.5 Å². The average molecular weight is 497 g/mol. The molecule has 4 unspecified atom stereocenters. The number of ether oxygens (including phenoxy) is 1. The van der Waals surface area contributed by atoms with Gasteiger partial charge in [0.05, 0.1) is 5.52 Å². The Morgan fingerprint density at radius 1 is 1.11 bits per heavy atom. The van der Waals surface area contributed by atoms with Gasteiger partial charge in [0.2, 0.25) is 0 Å². The molecule has 2 aliphatic rings. The summed E-state index contributed by atoms with van der Waals surface area (Å²) >= 11 is 0. The first kappa shape index (κ1) is 26.8. The van der Waals surface area contributed by atoms with Crippen molar-refractivity contribution in [3.05, 3.63) is 95.2 Å². The number of pyridine rings is 1. The molecule has 0 saturated carbocycles. The van der Waals surface area contributed by atoms with Crippen molar-refractivity contribution in [2.75, 3.05) is 6.54 Å². The van der Waals surface area contributed by atoms with Crippen molar-refractivity contribution in [3.63, 3.8) is 0 Å². The van der Waals surface area contributed by atoms with Crippen LogP contribution in [0.4, 0.5) is 0 Å². The average Bonchev–Trinajstić information content (AvgIpc) is 3.24. The zero-order valence-electron chi connectivity index (χ0n) is 22.8. The summed E-state index contributed by atoms with van der Waals surface area (Å²) in [4.78, 5) is 18.5. The highest BCUT2D eigenvalue weighted by Crippen LogP contribution is 2.44. The number of para-hydroxylation sites is 1. The molecule has 2 heterocycles. The highest BCUT2D eigenvalue weighted by Gasteiger charge is 2.38. The Morgan fingerprint density at radius 2 is 1.86 bits per heavy atom. The standard InChI is InChI=1S/C31H34N2O2.C2H6/c1-4-10-23-20(3)22-11-6-7-13-25(22)29(23)31(34)35-30(28-16-15-21(5-2)19-33-28)26-17-18-32-27-14-9-8-12-24(26)27;1-2/h4,6-14,17-18,21,28-30,33H,5,15-16,19H2,1-3H3;1-2H3/b10-4-;. The summed E-state index contributed by atoms with van der Waals surface area (Å²) in [5.74, 6) is 0.0723. The maximum atomic E-state index is 14.0. The quantitative estimate of drug-likeness (QED) is 0.354. The third kappa shape index (κ3) is 5.40. The minimum Gasteiger partial charge on any atom is -0.455 e. The Kier molecular flexibility index (Phi) is 8.94. The van der Waals surface area contributed by atoms with Gasteiger partial charge < -0.3 is 10.1 Å². The maximum Gasteiger partial charge on any atom is 0.318 e. The van der Waals surface area contributed by atoms with Crippen LogP contribution in [-0.4, -0.2) is 23.5 Å². The number of aromatic nitrogens is 1. The van der Waals surface area contributed by atoms with E-state index in [2.05, 4.69) is 48.4 Å². The van der Waals surface area contributed by atoms with E-state index in [1.54, 1.807) is 0 Å². The third-order valence-electron chi connectivity index (χ3n) is 7.73. The number of piperidine rings is 1. The van der Waals surface area contributed by atoms with Crippen LogP contribution < -0.4 is 5.32 Å². The van der Waals surface area contributed by atoms with Gasteiger partial charge in [-0.3, -0.25) is 9.78 Å². The molecule has 1 aliphatic carbocycles. The summed E-state index contributed by atoms with van der Waals surface area (Å²) in [6.45, 7) is 11.3. The number of esters is 1. The molecule has 1 aromatic heterocycles. The van der Waals surface area contributed by atoms with E-state index in [-0.39, 0.29) is 18.1 Å². The van der Waals surface area contributed by atoms with Gasteiger partial charge in [0.25, 0.3) is 0 Å². The van der Waals surface area contributed by atoms with Gasteiger partial charge >= 0.3 is 5.97 Å². The summed E-state index contributed by atoms with van der Waals surface area (Å²) in [5, 5.41) is 4.76. The Labute approximate surface area is 221 Å². The smallest absolute Gasteiger partial charge is 0.318 e. The highest BCUT2D eigenvalue weighted by molar-refractivity contribution is 5.94. The van der Waals surface area contributed by atoms with Gasteiger partial charge in [0.1, 0.15) is 12.0 Å². The number of hydrogen-bond acceptors (Lipinski definition) is 4. The van der Waals surface area contributed by atoms with Crippen molar-refractivity contribution in [2.45, 2.75) is 71.9 Å². The predicted octanol–water partition coefficient (Wildman–Crippen LogP) is 7.77. The van der Waals surface area contributed by atoms with Crippen LogP contribution in [-0.2, 0) is 9.53 Å². The molecule has 1 N–H and O–H groups in total. The fourth-order valence-corrected chi connectivity index (χ4v) is 5.75. The van der Waals surface area contributed by atoms with E-state index in [1.807, 2.05) is 69.4 Å². The number of nitrogens with one attached hydrogen (secondary N) is 1. The van der Waals surface area contributed by atoms with Gasteiger partial charge in [-0.25, -0.2) is 0 Å². The molecular weight excluding hydrogens is 456 g/mol. The largest absolute Gasteiger partial charge is 0.455 e. The van der Waals surface area contributed by atoms with Crippen molar-refractivity contribution < 1.29 is 9.53 Å². The van der Waals surface area contributed by atoms with Crippen molar-refractivity contribution >= 4 is 22.4 Å². The van der Waals surface area contributed by atoms with Gasteiger partial charge in [-0.1, -0.05) is 81.8 Å². The number of nitrogens with zero attached hydrogens (tertiary/aromatic N) is 1. The number of fused-ring (bicyclic) bond motifs is 2. The molecule has 0 bridgehead atoms. The molecule has 0 spiro atoms. The number of rotatable bonds is 6. The molecule has 4 heteroatoms. The van der Waals surface area contributed by atoms with Crippen molar-refractivity contribution in [3.8, 4) is 0 Å². The molecule has 3 aromatic rings. The van der Waals surface area contributed by atoms with Gasteiger partial charge in [0, 0.05) is 23.2 Å². The first-order valence-corrected chi connectivity index (χ1v) is 13.8. The van der Waals surface area contributed by atoms with E-state index >= 15 is 0 Å². The van der Waals surface area contributed by atoms with Crippen molar-refractivity contribution in [1.29, 1.82) is 0 Å². The second kappa shape index (κ2) is 12.3. The molecule has 4 nitrogen and oxygen atoms in total. The molecular formula is C33H40N2O2. The Balaban J connectivity index is 0.00000156. The molecule has 1 aliphatic heterocycles. The number of carbonyl (C=O) groups excluding carboxylic acids is 1. The maximum absolute atomic E-state index is 14.0. The molecule has 1 saturated heterocycles. The van der Waals surface area contributed by atoms with Crippen molar-refractivity contribution in [1.82, 2.24) is 10.3 Å². The van der Waals surface area contributed by atoms with Crippen LogP contribution in [0.2, 0.25) is 0 Å². The Morgan fingerprint density at radius 3 is 2.59 bits per heavy atom. The fraction of sp³-hybridized carbons (Fsp3) is 0.394. The number of hydrogen-bond donors (Lipinski definition) is 1. The normalized spacial score (nSPS) is 21.9. The Hall–Kier alpha value is -3.24. The predicted molar refractivity (Wildman–Crippen MR) is 153 cm³/mol. The van der Waals surface area contributed by atoms with E-state index in [1.165, 1.54) is 0 Å². The molecule has 194 valence electrons. The minimum absolute atomic E-state index is 0.0689. The zero-order valence-corrected chi connectivity index (χ0v) is 22.8. The van der Waals surface area contributed by atoms with Crippen LogP contribution in [0.5, 0.6) is 0 Å². The van der Waals surface area contributed by atoms with Crippen LogP contribution in [0.1, 0.15) is 82.6 Å². The van der Waals surface area contributed by atoms with Gasteiger partial charge in [-0.05, 0) is 73.6 Å². The third-order valence-corrected chi connectivity index (χ3v) is 7.73. The summed E-state index contributed by atoms with van der Waals surface area (Å²) in [6, 6.07) is 18.4. The first-order valence-electron chi connectivity index (χ1n) is 13.8. The molecule has 37 heavy (non-hydrogen) atoms. The lowest BCUT2D eigenvalue weighted by Gasteiger charge is -2.35. The van der Waals surface area contributed by atoms with E-state index in [4.69, 9.17) is 4.74 Å². The SMILES string of the molecule is C/C=C\C1=C(C)c2ccccc2C1C(=O)OC(c1ccnc2ccccc12)C1CCC(CC)CN1.CC. The number of carbonyl (C=O) groups is 1. The van der Waals surface area contributed by atoms with E-state index in [0.29, 0.717) is 5.92 Å². The van der Waals surface area contributed by atoms with E-state index < -0.39 is 5.92 Å². The minimum atomic E-state index is -0.412. The van der Waals surface area contributed by atoms with Gasteiger partial charge in [-0.2, -0.15) is 0 Å². The van der Waals surface area contributed by atoms with Crippen LogP contribution in [0, 0.1) is 5.92 Å². The molecule has 5 rings (SSSR count). The lowest BCUT2D eigenvalue weighted by molar-refractivity contribution is -0.152. The number of benzene rings is 2. The second-order valence-electron chi connectivity index (χ2n) is 9.74. The first-order chi connectivity index (χ1) is 18.1. The van der Waals surface area contributed by atoms with Gasteiger partial charge in [0.15, 0.2) is 0 Å². The number of allylic oxidation sites excluding steroid dienone is 3. The summed E-state index contributed by atoms with van der Waals surface area (Å²) < 4.78 is 6.52. The van der Waals surface area contributed by atoms with Crippen LogP contribution >= 0.6 is 0 Å². The second-order valence-corrected chi connectivity index (χ2v) is 9.74. The molecule has 2 aromatic carbocycles. The monoisotopic (exact) mass is 496 g/mol. The van der Waals surface area contributed by atoms with Crippen LogP contribution in [0.3, 0.4) is 0 Å². The highest BCUT2D eigenvalue weighted by atomic mass is 16.5.